The minimum atomic E-state index is -3.66. The average molecular weight is 432 g/mol. The van der Waals surface area contributed by atoms with E-state index in [0.717, 1.165) is 16.0 Å². The van der Waals surface area contributed by atoms with Gasteiger partial charge in [-0.2, -0.15) is 0 Å². The molecule has 8 heteroatoms. The van der Waals surface area contributed by atoms with E-state index in [2.05, 4.69) is 0 Å². The molecule has 2 rings (SSSR count). The van der Waals surface area contributed by atoms with Crippen LogP contribution in [0.5, 0.6) is 5.75 Å². The van der Waals surface area contributed by atoms with E-state index in [1.54, 1.807) is 19.2 Å². The van der Waals surface area contributed by atoms with Gasteiger partial charge >= 0.3 is 153 Å². The zero-order chi connectivity index (χ0) is 17.6. The summed E-state index contributed by atoms with van der Waals surface area (Å²) in [5.74, 6) is 1.39. The van der Waals surface area contributed by atoms with E-state index in [1.165, 1.54) is 28.4 Å². The van der Waals surface area contributed by atoms with Gasteiger partial charge in [0, 0.05) is 0 Å². The van der Waals surface area contributed by atoms with Gasteiger partial charge in [0.15, 0.2) is 0 Å². The Morgan fingerprint density at radius 3 is 2.33 bits per heavy atom. The standard InChI is InChI=1S/C16H19NO4S2Se/c1-21-13-2-8-16(9-3-13)24-11-12(18)10-22-14-4-6-15(7-5-14)23(17,19)20/h2-9,12,18H,10-11H2,1H3,(H2,17,19,20). The van der Waals surface area contributed by atoms with Crippen molar-refractivity contribution in [2.24, 2.45) is 5.14 Å². The van der Waals surface area contributed by atoms with Gasteiger partial charge in [-0.3, -0.25) is 0 Å². The number of nitrogens with two attached hydrogens (primary N) is 1. The van der Waals surface area contributed by atoms with Crippen molar-refractivity contribution in [3.05, 3.63) is 48.5 Å². The van der Waals surface area contributed by atoms with Gasteiger partial charge in [-0.15, -0.1) is 0 Å². The number of hydrogen-bond donors (Lipinski definition) is 2. The molecule has 0 bridgehead atoms. The minimum absolute atomic E-state index is 0.0928. The summed E-state index contributed by atoms with van der Waals surface area (Å²) < 4.78 is 28.7. The molecule has 1 atom stereocenters. The monoisotopic (exact) mass is 433 g/mol. The number of benzene rings is 2. The first-order valence-corrected chi connectivity index (χ1v) is 11.7. The van der Waals surface area contributed by atoms with Crippen molar-refractivity contribution in [3.8, 4) is 5.75 Å². The van der Waals surface area contributed by atoms with Gasteiger partial charge in [-0.1, -0.05) is 0 Å². The molecule has 0 fully saturated rings. The van der Waals surface area contributed by atoms with E-state index in [-0.39, 0.29) is 19.9 Å². The molecule has 0 radical (unpaired) electrons. The van der Waals surface area contributed by atoms with Gasteiger partial charge in [0.2, 0.25) is 0 Å². The first kappa shape index (κ1) is 19.3. The van der Waals surface area contributed by atoms with Crippen LogP contribution in [0.1, 0.15) is 0 Å². The number of primary sulfonamides is 1. The van der Waals surface area contributed by atoms with Gasteiger partial charge in [0.1, 0.15) is 0 Å². The first-order valence-electron chi connectivity index (χ1n) is 7.09. The third-order valence-electron chi connectivity index (χ3n) is 3.10. The van der Waals surface area contributed by atoms with Crippen LogP contribution in [0.3, 0.4) is 0 Å². The fourth-order valence-electron chi connectivity index (χ4n) is 1.83. The van der Waals surface area contributed by atoms with Crippen molar-refractivity contribution >= 4 is 41.2 Å². The predicted octanol–water partition coefficient (Wildman–Crippen LogP) is 1.24. The molecule has 0 saturated carbocycles. The Labute approximate surface area is 152 Å². The first-order chi connectivity index (χ1) is 11.4. The molecule has 0 aliphatic carbocycles. The van der Waals surface area contributed by atoms with Crippen LogP contribution in [0.2, 0.25) is 5.32 Å². The Morgan fingerprint density at radius 1 is 1.17 bits per heavy atom. The number of hydrogen-bond acceptors (Lipinski definition) is 5. The quantitative estimate of drug-likeness (QED) is 0.484. The SMILES string of the molecule is COc1ccc([Se]CC(O)CSc2ccc(S(N)(=O)=O)cc2)cc1. The van der Waals surface area contributed by atoms with E-state index in [1.807, 2.05) is 24.3 Å². The molecule has 0 amide bonds. The summed E-state index contributed by atoms with van der Waals surface area (Å²) in [4.78, 5) is 0.994. The van der Waals surface area contributed by atoms with Gasteiger partial charge in [-0.25, -0.2) is 0 Å². The third kappa shape index (κ3) is 6.12. The Kier molecular flexibility index (Phi) is 7.15. The molecule has 130 valence electrons. The number of thioether (sulfide) groups is 1. The number of aliphatic hydroxyl groups excluding tert-OH is 1. The second-order valence-corrected chi connectivity index (χ2v) is 9.92. The molecule has 0 saturated heterocycles. The second-order valence-electron chi connectivity index (χ2n) is 4.97. The van der Waals surface area contributed by atoms with Crippen molar-refractivity contribution in [1.29, 1.82) is 0 Å². The maximum absolute atomic E-state index is 11.2. The normalized spacial score (nSPS) is 12.8. The molecule has 0 spiro atoms. The number of ether oxygens (including phenoxy) is 1. The maximum atomic E-state index is 11.2. The molecular weight excluding hydrogens is 413 g/mol. The number of aliphatic hydroxyl groups is 1. The van der Waals surface area contributed by atoms with Crippen LogP contribution in [0.15, 0.2) is 58.3 Å². The molecule has 0 heterocycles. The van der Waals surface area contributed by atoms with Crippen molar-refractivity contribution in [3.63, 3.8) is 0 Å². The van der Waals surface area contributed by atoms with E-state index in [4.69, 9.17) is 9.88 Å². The van der Waals surface area contributed by atoms with Gasteiger partial charge in [0.25, 0.3) is 0 Å². The van der Waals surface area contributed by atoms with Crippen LogP contribution in [-0.2, 0) is 10.0 Å². The topological polar surface area (TPSA) is 89.6 Å². The summed E-state index contributed by atoms with van der Waals surface area (Å²) >= 11 is 1.69. The van der Waals surface area contributed by atoms with E-state index >= 15 is 0 Å². The van der Waals surface area contributed by atoms with Gasteiger partial charge in [0.05, 0.1) is 0 Å². The summed E-state index contributed by atoms with van der Waals surface area (Å²) in [5, 5.41) is 15.9. The number of methoxy groups -OCH3 is 1. The van der Waals surface area contributed by atoms with Gasteiger partial charge in [-0.05, 0) is 0 Å². The fourth-order valence-corrected chi connectivity index (χ4v) is 5.26. The van der Waals surface area contributed by atoms with Crippen LogP contribution < -0.4 is 14.3 Å². The van der Waals surface area contributed by atoms with Crippen LogP contribution >= 0.6 is 11.8 Å². The Bertz CT molecular complexity index is 749. The van der Waals surface area contributed by atoms with Crippen LogP contribution in [0.25, 0.3) is 0 Å². The molecule has 1 unspecified atom stereocenters. The molecule has 0 aliphatic rings. The Hall–Kier alpha value is -1.02. The van der Waals surface area contributed by atoms with Gasteiger partial charge < -0.3 is 0 Å². The van der Waals surface area contributed by atoms with Crippen LogP contribution in [-0.4, -0.2) is 47.4 Å². The fraction of sp³-hybridized carbons (Fsp3) is 0.250. The summed E-state index contributed by atoms with van der Waals surface area (Å²) in [7, 11) is -2.02. The molecule has 2 aromatic carbocycles. The van der Waals surface area contributed by atoms with Crippen molar-refractivity contribution in [2.75, 3.05) is 12.9 Å². The summed E-state index contributed by atoms with van der Waals surface area (Å²) in [6, 6.07) is 14.2. The van der Waals surface area contributed by atoms with E-state index in [9.17, 15) is 13.5 Å². The van der Waals surface area contributed by atoms with E-state index in [0.29, 0.717) is 5.75 Å². The predicted molar refractivity (Wildman–Crippen MR) is 97.7 cm³/mol. The molecule has 0 aliphatic heterocycles. The Morgan fingerprint density at radius 2 is 1.79 bits per heavy atom. The molecule has 0 aromatic heterocycles. The Balaban J connectivity index is 1.79. The average Bonchev–Trinajstić information content (AvgIpc) is 2.58. The van der Waals surface area contributed by atoms with Crippen molar-refractivity contribution < 1.29 is 18.3 Å². The van der Waals surface area contributed by atoms with Crippen LogP contribution in [0.4, 0.5) is 0 Å². The number of sulfonamides is 1. The molecule has 2 aromatic rings. The van der Waals surface area contributed by atoms with E-state index < -0.39 is 16.1 Å². The van der Waals surface area contributed by atoms with Crippen molar-refractivity contribution in [1.82, 2.24) is 0 Å². The second kappa shape index (κ2) is 8.89. The van der Waals surface area contributed by atoms with Crippen molar-refractivity contribution in [2.45, 2.75) is 21.2 Å². The molecule has 5 nitrogen and oxygen atoms in total. The zero-order valence-corrected chi connectivity index (χ0v) is 16.4. The molecule has 3 N–H and O–H groups in total. The molecule has 24 heavy (non-hydrogen) atoms. The summed E-state index contributed by atoms with van der Waals surface area (Å²) in [5.41, 5.74) is 0. The third-order valence-corrected chi connectivity index (χ3v) is 7.61. The molecular formula is C16H19NO4S2Se. The van der Waals surface area contributed by atoms with Crippen LogP contribution in [0, 0.1) is 0 Å². The summed E-state index contributed by atoms with van der Waals surface area (Å²) in [6.45, 7) is 0. The summed E-state index contributed by atoms with van der Waals surface area (Å²) in [6.07, 6.45) is -0.407. The number of rotatable bonds is 8. The zero-order valence-electron chi connectivity index (χ0n) is 13.1.